The highest BCUT2D eigenvalue weighted by molar-refractivity contribution is 5.35. The molecule has 0 unspecified atom stereocenters. The van der Waals surface area contributed by atoms with Gasteiger partial charge >= 0.3 is 0 Å². The van der Waals surface area contributed by atoms with Gasteiger partial charge in [-0.05, 0) is 29.2 Å². The van der Waals surface area contributed by atoms with Gasteiger partial charge in [-0.1, -0.05) is 6.07 Å². The molecule has 4 nitrogen and oxygen atoms in total. The summed E-state index contributed by atoms with van der Waals surface area (Å²) in [7, 11) is 0. The average Bonchev–Trinajstić information content (AvgIpc) is 1.94. The highest BCUT2D eigenvalue weighted by atomic mass is 15.2. The third kappa shape index (κ3) is 1.24. The fraction of sp³-hybridized carbons (Fsp3) is 0.167. The zero-order valence-electron chi connectivity index (χ0n) is 5.52. The van der Waals surface area contributed by atoms with Crippen LogP contribution in [0.25, 0.3) is 10.4 Å². The van der Waals surface area contributed by atoms with Crippen molar-refractivity contribution >= 4 is 5.82 Å². The van der Waals surface area contributed by atoms with Gasteiger partial charge in [0.15, 0.2) is 0 Å². The molecule has 1 rings (SSSR count). The minimum atomic E-state index is 0.449. The molecule has 1 aromatic heterocycles. The fourth-order valence-corrected chi connectivity index (χ4v) is 0.624. The molecule has 0 N–H and O–H groups in total. The fourth-order valence-electron chi connectivity index (χ4n) is 0.624. The van der Waals surface area contributed by atoms with Crippen molar-refractivity contribution in [3.63, 3.8) is 0 Å². The Hall–Kier alpha value is -1.54. The minimum absolute atomic E-state index is 0.449. The van der Waals surface area contributed by atoms with Crippen molar-refractivity contribution in [2.45, 2.75) is 6.92 Å². The predicted molar refractivity (Wildman–Crippen MR) is 37.8 cm³/mol. The van der Waals surface area contributed by atoms with Gasteiger partial charge in [-0.3, -0.25) is 4.98 Å². The molecular formula is C6H6N4. The molecule has 0 fully saturated rings. The van der Waals surface area contributed by atoms with Gasteiger partial charge in [0.25, 0.3) is 0 Å². The van der Waals surface area contributed by atoms with Gasteiger partial charge < -0.3 is 0 Å². The normalized spacial score (nSPS) is 8.50. The lowest BCUT2D eigenvalue weighted by Gasteiger charge is -1.92. The Morgan fingerprint density at radius 1 is 1.70 bits per heavy atom. The SMILES string of the molecule is Cc1cccnc1N=[N+]=[N-]. The van der Waals surface area contributed by atoms with Crippen LogP contribution in [0.5, 0.6) is 0 Å². The molecule has 0 amide bonds. The van der Waals surface area contributed by atoms with Gasteiger partial charge in [0, 0.05) is 11.1 Å². The number of pyridine rings is 1. The van der Waals surface area contributed by atoms with Crippen LogP contribution in [-0.4, -0.2) is 4.98 Å². The topological polar surface area (TPSA) is 61.7 Å². The van der Waals surface area contributed by atoms with Crippen molar-refractivity contribution in [1.82, 2.24) is 4.98 Å². The van der Waals surface area contributed by atoms with Crippen LogP contribution >= 0.6 is 0 Å². The van der Waals surface area contributed by atoms with Crippen LogP contribution < -0.4 is 0 Å². The van der Waals surface area contributed by atoms with Crippen LogP contribution in [0.2, 0.25) is 0 Å². The Kier molecular flexibility index (Phi) is 1.87. The van der Waals surface area contributed by atoms with E-state index in [0.717, 1.165) is 5.56 Å². The molecule has 4 heteroatoms. The summed E-state index contributed by atoms with van der Waals surface area (Å²) in [5.74, 6) is 0.449. The molecule has 0 aromatic carbocycles. The molecule has 50 valence electrons. The summed E-state index contributed by atoms with van der Waals surface area (Å²) in [5.41, 5.74) is 8.95. The number of rotatable bonds is 1. The van der Waals surface area contributed by atoms with Gasteiger partial charge in [0.05, 0.1) is 0 Å². The van der Waals surface area contributed by atoms with Crippen molar-refractivity contribution in [1.29, 1.82) is 0 Å². The minimum Gasteiger partial charge on any atom is -0.254 e. The smallest absolute Gasteiger partial charge is 0.129 e. The first-order chi connectivity index (χ1) is 4.84. The second kappa shape index (κ2) is 2.85. The van der Waals surface area contributed by atoms with Crippen LogP contribution in [0.15, 0.2) is 23.4 Å². The van der Waals surface area contributed by atoms with Crippen molar-refractivity contribution in [3.05, 3.63) is 34.3 Å². The van der Waals surface area contributed by atoms with E-state index in [1.807, 2.05) is 13.0 Å². The van der Waals surface area contributed by atoms with Gasteiger partial charge in [-0.2, -0.15) is 0 Å². The van der Waals surface area contributed by atoms with Crippen LogP contribution in [0, 0.1) is 6.92 Å². The molecular weight excluding hydrogens is 128 g/mol. The van der Waals surface area contributed by atoms with E-state index in [-0.39, 0.29) is 0 Å². The van der Waals surface area contributed by atoms with Crippen molar-refractivity contribution in [2.24, 2.45) is 5.11 Å². The van der Waals surface area contributed by atoms with Gasteiger partial charge in [-0.15, -0.1) is 0 Å². The summed E-state index contributed by atoms with van der Waals surface area (Å²) in [5, 5.41) is 3.38. The molecule has 1 aromatic rings. The zero-order valence-corrected chi connectivity index (χ0v) is 5.52. The largest absolute Gasteiger partial charge is 0.254 e. The summed E-state index contributed by atoms with van der Waals surface area (Å²) in [4.78, 5) is 6.48. The Morgan fingerprint density at radius 2 is 2.50 bits per heavy atom. The summed E-state index contributed by atoms with van der Waals surface area (Å²) < 4.78 is 0. The second-order valence-corrected chi connectivity index (χ2v) is 1.83. The van der Waals surface area contributed by atoms with E-state index < -0.39 is 0 Å². The van der Waals surface area contributed by atoms with E-state index in [1.54, 1.807) is 12.3 Å². The maximum Gasteiger partial charge on any atom is 0.129 e. The number of azide groups is 1. The van der Waals surface area contributed by atoms with Gasteiger partial charge in [0.1, 0.15) is 5.82 Å². The van der Waals surface area contributed by atoms with Crippen LogP contribution in [0.4, 0.5) is 5.82 Å². The third-order valence-electron chi connectivity index (χ3n) is 1.12. The van der Waals surface area contributed by atoms with E-state index in [2.05, 4.69) is 15.0 Å². The number of aryl methyl sites for hydroxylation is 1. The Labute approximate surface area is 58.1 Å². The zero-order chi connectivity index (χ0) is 7.40. The van der Waals surface area contributed by atoms with Crippen LogP contribution in [0.1, 0.15) is 5.56 Å². The summed E-state index contributed by atoms with van der Waals surface area (Å²) in [6.07, 6.45) is 1.59. The number of nitrogens with zero attached hydrogens (tertiary/aromatic N) is 4. The van der Waals surface area contributed by atoms with Gasteiger partial charge in [-0.25, -0.2) is 0 Å². The van der Waals surface area contributed by atoms with E-state index in [1.165, 1.54) is 0 Å². The first-order valence-electron chi connectivity index (χ1n) is 2.81. The van der Waals surface area contributed by atoms with E-state index in [9.17, 15) is 0 Å². The standard InChI is InChI=1S/C6H6N4/c1-5-3-2-4-8-6(5)9-10-7/h2-4H,1H3. The molecule has 0 bridgehead atoms. The summed E-state index contributed by atoms with van der Waals surface area (Å²) >= 11 is 0. The molecule has 0 aliphatic heterocycles. The maximum absolute atomic E-state index is 8.06. The van der Waals surface area contributed by atoms with E-state index in [0.29, 0.717) is 5.82 Å². The molecule has 0 spiro atoms. The van der Waals surface area contributed by atoms with Crippen molar-refractivity contribution in [3.8, 4) is 0 Å². The molecule has 0 saturated carbocycles. The van der Waals surface area contributed by atoms with Gasteiger partial charge in [0.2, 0.25) is 0 Å². The summed E-state index contributed by atoms with van der Waals surface area (Å²) in [6, 6.07) is 3.64. The molecule has 0 aliphatic rings. The molecule has 0 aliphatic carbocycles. The monoisotopic (exact) mass is 134 g/mol. The van der Waals surface area contributed by atoms with E-state index in [4.69, 9.17) is 5.53 Å². The van der Waals surface area contributed by atoms with E-state index >= 15 is 0 Å². The van der Waals surface area contributed by atoms with Crippen molar-refractivity contribution < 1.29 is 0 Å². The number of aromatic nitrogens is 1. The molecule has 0 saturated heterocycles. The maximum atomic E-state index is 8.06. The molecule has 1 heterocycles. The van der Waals surface area contributed by atoms with Crippen LogP contribution in [0.3, 0.4) is 0 Å². The number of hydrogen-bond acceptors (Lipinski definition) is 2. The lowest BCUT2D eigenvalue weighted by atomic mass is 10.3. The first-order valence-corrected chi connectivity index (χ1v) is 2.81. The molecule has 0 radical (unpaired) electrons. The highest BCUT2D eigenvalue weighted by Gasteiger charge is 1.91. The number of hydrogen-bond donors (Lipinski definition) is 0. The quantitative estimate of drug-likeness (QED) is 0.330. The third-order valence-corrected chi connectivity index (χ3v) is 1.12. The average molecular weight is 134 g/mol. The first kappa shape index (κ1) is 6.58. The van der Waals surface area contributed by atoms with Crippen LogP contribution in [-0.2, 0) is 0 Å². The summed E-state index contributed by atoms with van der Waals surface area (Å²) in [6.45, 7) is 1.84. The second-order valence-electron chi connectivity index (χ2n) is 1.83. The Balaban J connectivity index is 3.14. The highest BCUT2D eigenvalue weighted by Crippen LogP contribution is 2.12. The Bertz CT molecular complexity index is 275. The molecule has 10 heavy (non-hydrogen) atoms. The lowest BCUT2D eigenvalue weighted by Crippen LogP contribution is -1.75. The lowest BCUT2D eigenvalue weighted by molar-refractivity contribution is 1.21. The molecule has 0 atom stereocenters. The van der Waals surface area contributed by atoms with Crippen molar-refractivity contribution in [2.75, 3.05) is 0 Å². The Morgan fingerprint density at radius 3 is 3.10 bits per heavy atom. The predicted octanol–water partition coefficient (Wildman–Crippen LogP) is 2.33.